The van der Waals surface area contributed by atoms with Crippen LogP contribution in [-0.4, -0.2) is 45.4 Å². The van der Waals surface area contributed by atoms with Crippen molar-refractivity contribution < 1.29 is 10.2 Å². The Hall–Kier alpha value is -2.18. The van der Waals surface area contributed by atoms with Gasteiger partial charge in [0.2, 0.25) is 0 Å². The summed E-state index contributed by atoms with van der Waals surface area (Å²) < 4.78 is 0. The molecule has 1 aliphatic rings. The number of phenolic OH excluding ortho intramolecular Hbond substituents is 1. The van der Waals surface area contributed by atoms with Crippen molar-refractivity contribution >= 4 is 5.82 Å². The van der Waals surface area contributed by atoms with Gasteiger partial charge in [-0.3, -0.25) is 0 Å². The molecule has 0 radical (unpaired) electrons. The Morgan fingerprint density at radius 3 is 2.48 bits per heavy atom. The van der Waals surface area contributed by atoms with Crippen LogP contribution in [0.5, 0.6) is 5.75 Å². The minimum Gasteiger partial charge on any atom is -0.508 e. The summed E-state index contributed by atoms with van der Waals surface area (Å²) in [6.07, 6.45) is 2.34. The van der Waals surface area contributed by atoms with Gasteiger partial charge in [-0.2, -0.15) is 0 Å². The standard InChI is InChI=1S/C21H30N4O2/c1-4-17-13-20(24-15(3)23-17)25-11-9-18(10-12-25)22-14(2)21(27)16-5-7-19(26)8-6-16/h5-8,13-14,18,21-22,26-27H,4,9-12H2,1-3H3/t14-,21-/m0/s1. The first-order valence-corrected chi connectivity index (χ1v) is 9.78. The van der Waals surface area contributed by atoms with Crippen LogP contribution in [0.25, 0.3) is 0 Å². The van der Waals surface area contributed by atoms with E-state index >= 15 is 0 Å². The molecule has 1 aromatic heterocycles. The molecule has 6 nitrogen and oxygen atoms in total. The predicted molar refractivity (Wildman–Crippen MR) is 107 cm³/mol. The molecule has 0 bridgehead atoms. The first-order chi connectivity index (χ1) is 13.0. The molecule has 3 N–H and O–H groups in total. The van der Waals surface area contributed by atoms with Crippen molar-refractivity contribution in [1.82, 2.24) is 15.3 Å². The van der Waals surface area contributed by atoms with Gasteiger partial charge >= 0.3 is 0 Å². The van der Waals surface area contributed by atoms with Gasteiger partial charge in [-0.1, -0.05) is 19.1 Å². The summed E-state index contributed by atoms with van der Waals surface area (Å²) in [7, 11) is 0. The van der Waals surface area contributed by atoms with Crippen LogP contribution in [0.1, 0.15) is 49.9 Å². The summed E-state index contributed by atoms with van der Waals surface area (Å²) >= 11 is 0. The molecule has 2 atom stereocenters. The zero-order valence-corrected chi connectivity index (χ0v) is 16.4. The van der Waals surface area contributed by atoms with Crippen molar-refractivity contribution in [3.05, 3.63) is 47.4 Å². The van der Waals surface area contributed by atoms with Crippen LogP contribution in [0, 0.1) is 6.92 Å². The number of rotatable bonds is 6. The molecule has 0 unspecified atom stereocenters. The van der Waals surface area contributed by atoms with Crippen molar-refractivity contribution in [1.29, 1.82) is 0 Å². The number of phenols is 1. The number of hydrogen-bond acceptors (Lipinski definition) is 6. The van der Waals surface area contributed by atoms with Crippen LogP contribution in [0.2, 0.25) is 0 Å². The molecule has 6 heteroatoms. The van der Waals surface area contributed by atoms with Gasteiger partial charge in [0.25, 0.3) is 0 Å². The van der Waals surface area contributed by atoms with Crippen molar-refractivity contribution in [3.8, 4) is 5.75 Å². The van der Waals surface area contributed by atoms with Crippen molar-refractivity contribution in [3.63, 3.8) is 0 Å². The summed E-state index contributed by atoms with van der Waals surface area (Å²) in [5.74, 6) is 2.07. The number of nitrogens with zero attached hydrogens (tertiary/aromatic N) is 3. The van der Waals surface area contributed by atoms with Crippen LogP contribution in [0.3, 0.4) is 0 Å². The highest BCUT2D eigenvalue weighted by Gasteiger charge is 2.24. The topological polar surface area (TPSA) is 81.5 Å². The number of anilines is 1. The Labute approximate surface area is 161 Å². The maximum absolute atomic E-state index is 10.6. The molecule has 1 saturated heterocycles. The fourth-order valence-corrected chi connectivity index (χ4v) is 3.65. The van der Waals surface area contributed by atoms with Gasteiger partial charge in [-0.25, -0.2) is 9.97 Å². The fourth-order valence-electron chi connectivity index (χ4n) is 3.65. The molecule has 2 aromatic rings. The van der Waals surface area contributed by atoms with Crippen molar-refractivity contribution in [2.24, 2.45) is 0 Å². The molecule has 1 fully saturated rings. The lowest BCUT2D eigenvalue weighted by Gasteiger charge is -2.35. The summed E-state index contributed by atoms with van der Waals surface area (Å²) in [6.45, 7) is 7.95. The Bertz CT molecular complexity index is 742. The molecule has 0 spiro atoms. The molecule has 2 heterocycles. The third-order valence-electron chi connectivity index (χ3n) is 5.27. The van der Waals surface area contributed by atoms with E-state index in [1.807, 2.05) is 13.8 Å². The Morgan fingerprint density at radius 2 is 1.85 bits per heavy atom. The molecule has 0 amide bonds. The second-order valence-corrected chi connectivity index (χ2v) is 7.37. The van der Waals surface area contributed by atoms with E-state index in [0.717, 1.165) is 55.3 Å². The van der Waals surface area contributed by atoms with Gasteiger partial charge in [0, 0.05) is 36.9 Å². The first-order valence-electron chi connectivity index (χ1n) is 9.78. The number of aromatic nitrogens is 2. The van der Waals surface area contributed by atoms with E-state index in [4.69, 9.17) is 0 Å². The average molecular weight is 370 g/mol. The number of piperidine rings is 1. The molecule has 1 aromatic carbocycles. The zero-order valence-electron chi connectivity index (χ0n) is 16.4. The normalized spacial score (nSPS) is 17.7. The second kappa shape index (κ2) is 8.67. The third-order valence-corrected chi connectivity index (χ3v) is 5.27. The molecular formula is C21H30N4O2. The maximum Gasteiger partial charge on any atom is 0.132 e. The highest BCUT2D eigenvalue weighted by molar-refractivity contribution is 5.40. The van der Waals surface area contributed by atoms with Gasteiger partial charge in [0.05, 0.1) is 6.10 Å². The first kappa shape index (κ1) is 19.6. The van der Waals surface area contributed by atoms with E-state index in [0.29, 0.717) is 6.04 Å². The van der Waals surface area contributed by atoms with E-state index in [-0.39, 0.29) is 11.8 Å². The monoisotopic (exact) mass is 370 g/mol. The van der Waals surface area contributed by atoms with Crippen LogP contribution in [0.4, 0.5) is 5.82 Å². The van der Waals surface area contributed by atoms with Crippen LogP contribution >= 0.6 is 0 Å². The third kappa shape index (κ3) is 4.96. The Balaban J connectivity index is 1.54. The zero-order chi connectivity index (χ0) is 19.4. The summed E-state index contributed by atoms with van der Waals surface area (Å²) in [6, 6.07) is 9.16. The maximum atomic E-state index is 10.6. The van der Waals surface area contributed by atoms with Crippen LogP contribution < -0.4 is 10.2 Å². The van der Waals surface area contributed by atoms with Gasteiger partial charge < -0.3 is 20.4 Å². The largest absolute Gasteiger partial charge is 0.508 e. The number of aryl methyl sites for hydroxylation is 2. The molecule has 0 aliphatic carbocycles. The minimum absolute atomic E-state index is 0.0564. The van der Waals surface area contributed by atoms with Crippen molar-refractivity contribution in [2.75, 3.05) is 18.0 Å². The SMILES string of the molecule is CCc1cc(N2CCC(N[C@@H](C)[C@H](O)c3ccc(O)cc3)CC2)nc(C)n1. The van der Waals surface area contributed by atoms with Gasteiger partial charge in [-0.05, 0) is 50.8 Å². The number of nitrogens with one attached hydrogen (secondary N) is 1. The Morgan fingerprint density at radius 1 is 1.19 bits per heavy atom. The molecular weight excluding hydrogens is 340 g/mol. The molecule has 3 rings (SSSR count). The number of benzene rings is 1. The van der Waals surface area contributed by atoms with Crippen LogP contribution in [-0.2, 0) is 6.42 Å². The van der Waals surface area contributed by atoms with Crippen LogP contribution in [0.15, 0.2) is 30.3 Å². The van der Waals surface area contributed by atoms with E-state index in [1.54, 1.807) is 24.3 Å². The summed E-state index contributed by atoms with van der Waals surface area (Å²) in [5.41, 5.74) is 1.90. The molecule has 0 saturated carbocycles. The lowest BCUT2D eigenvalue weighted by molar-refractivity contribution is 0.126. The number of aliphatic hydroxyl groups is 1. The van der Waals surface area contributed by atoms with Crippen molar-refractivity contribution in [2.45, 2.75) is 58.2 Å². The van der Waals surface area contributed by atoms with Gasteiger partial charge in [0.15, 0.2) is 0 Å². The Kier molecular flexibility index (Phi) is 6.29. The lowest BCUT2D eigenvalue weighted by atomic mass is 9.99. The fraction of sp³-hybridized carbons (Fsp3) is 0.524. The smallest absolute Gasteiger partial charge is 0.132 e. The van der Waals surface area contributed by atoms with Gasteiger partial charge in [0.1, 0.15) is 17.4 Å². The molecule has 27 heavy (non-hydrogen) atoms. The summed E-state index contributed by atoms with van der Waals surface area (Å²) in [5, 5.41) is 23.5. The predicted octanol–water partition coefficient (Wildman–Crippen LogP) is 2.73. The van der Waals surface area contributed by atoms with E-state index < -0.39 is 6.10 Å². The molecule has 146 valence electrons. The summed E-state index contributed by atoms with van der Waals surface area (Å²) in [4.78, 5) is 11.4. The average Bonchev–Trinajstić information content (AvgIpc) is 2.68. The molecule has 1 aliphatic heterocycles. The number of aliphatic hydroxyl groups excluding tert-OH is 1. The number of hydrogen-bond donors (Lipinski definition) is 3. The number of aromatic hydroxyl groups is 1. The van der Waals surface area contributed by atoms with Gasteiger partial charge in [-0.15, -0.1) is 0 Å². The minimum atomic E-state index is -0.597. The highest BCUT2D eigenvalue weighted by Crippen LogP contribution is 2.23. The second-order valence-electron chi connectivity index (χ2n) is 7.37. The van der Waals surface area contributed by atoms with E-state index in [9.17, 15) is 10.2 Å². The highest BCUT2D eigenvalue weighted by atomic mass is 16.3. The van der Waals surface area contributed by atoms with E-state index in [2.05, 4.69) is 33.2 Å². The quantitative estimate of drug-likeness (QED) is 0.725. The lowest BCUT2D eigenvalue weighted by Crippen LogP contribution is -2.47. The van der Waals surface area contributed by atoms with E-state index in [1.165, 1.54) is 0 Å².